The van der Waals surface area contributed by atoms with Crippen molar-refractivity contribution in [2.24, 2.45) is 0 Å². The van der Waals surface area contributed by atoms with Gasteiger partial charge in [-0.15, -0.1) is 0 Å². The second-order valence-corrected chi connectivity index (χ2v) is 10.1. The van der Waals surface area contributed by atoms with Crippen LogP contribution in [0.5, 0.6) is 0 Å². The van der Waals surface area contributed by atoms with Crippen LogP contribution < -0.4 is 5.32 Å². The van der Waals surface area contributed by atoms with E-state index in [0.717, 1.165) is 47.8 Å². The van der Waals surface area contributed by atoms with Gasteiger partial charge in [-0.1, -0.05) is 12.1 Å². The van der Waals surface area contributed by atoms with E-state index in [4.69, 9.17) is 4.42 Å². The van der Waals surface area contributed by atoms with E-state index >= 15 is 0 Å². The number of aromatic nitrogens is 4. The van der Waals surface area contributed by atoms with Gasteiger partial charge in [0, 0.05) is 29.3 Å². The van der Waals surface area contributed by atoms with Crippen LogP contribution in [-0.2, 0) is 5.24 Å². The standard InChI is InChI=1S/C23H27B3N6O2/c1-31-6-4-14(5-7-31)22-29-19(13-34-22)21(33)30-20-9-17-8-15(2-3-16(17)10-27-20)18-11-28-32(12-18)23(24,25)26/h2-3,8-14H,4-7,24-26H2,1H3,(H,27,30,33). The van der Waals surface area contributed by atoms with Gasteiger partial charge in [-0.05, 0) is 61.3 Å². The van der Waals surface area contributed by atoms with Crippen LogP contribution in [0, 0.1) is 0 Å². The lowest BCUT2D eigenvalue weighted by atomic mass is 9.49. The first kappa shape index (κ1) is 22.5. The first-order valence-electron chi connectivity index (χ1n) is 11.7. The Hall–Kier alpha value is -3.33. The Morgan fingerprint density at radius 2 is 1.91 bits per heavy atom. The molecule has 0 radical (unpaired) electrons. The minimum Gasteiger partial charge on any atom is -0.448 e. The molecular formula is C23H27B3N6O2. The number of fused-ring (bicyclic) bond motifs is 1. The molecule has 1 saturated heterocycles. The molecule has 4 heterocycles. The van der Waals surface area contributed by atoms with Crippen LogP contribution in [-0.4, -0.2) is 74.2 Å². The SMILES string of the molecule is BC(B)(B)n1cc(-c2ccc3cnc(NC(=O)c4coc(C5CCN(C)CC5)n4)cc3c2)cn1. The summed E-state index contributed by atoms with van der Waals surface area (Å²) in [7, 11) is 8.48. The van der Waals surface area contributed by atoms with Crippen LogP contribution in [0.1, 0.15) is 35.1 Å². The summed E-state index contributed by atoms with van der Waals surface area (Å²) in [6, 6.07) is 8.06. The summed E-state index contributed by atoms with van der Waals surface area (Å²) in [6.07, 6.45) is 9.11. The van der Waals surface area contributed by atoms with Crippen molar-refractivity contribution < 1.29 is 9.21 Å². The van der Waals surface area contributed by atoms with E-state index in [1.54, 1.807) is 6.20 Å². The summed E-state index contributed by atoms with van der Waals surface area (Å²) in [4.78, 5) is 23.9. The largest absolute Gasteiger partial charge is 0.448 e. The molecule has 0 atom stereocenters. The number of hydrogen-bond acceptors (Lipinski definition) is 6. The van der Waals surface area contributed by atoms with Crippen LogP contribution in [0.15, 0.2) is 53.5 Å². The van der Waals surface area contributed by atoms with E-state index in [1.807, 2.05) is 23.0 Å². The molecule has 1 fully saturated rings. The summed E-state index contributed by atoms with van der Waals surface area (Å²) >= 11 is 0. The van der Waals surface area contributed by atoms with Gasteiger partial charge in [0.05, 0.1) is 6.20 Å². The van der Waals surface area contributed by atoms with Gasteiger partial charge in [0.15, 0.2) is 11.6 Å². The molecule has 3 aromatic heterocycles. The number of amides is 1. The van der Waals surface area contributed by atoms with E-state index in [0.29, 0.717) is 11.7 Å². The van der Waals surface area contributed by atoms with Crippen LogP contribution in [0.25, 0.3) is 21.9 Å². The first-order valence-corrected chi connectivity index (χ1v) is 11.7. The quantitative estimate of drug-likeness (QED) is 0.447. The van der Waals surface area contributed by atoms with Crippen LogP contribution in [0.4, 0.5) is 5.82 Å². The Morgan fingerprint density at radius 3 is 2.65 bits per heavy atom. The smallest absolute Gasteiger partial charge is 0.278 e. The molecule has 170 valence electrons. The first-order chi connectivity index (χ1) is 16.3. The predicted octanol–water partition coefficient (Wildman–Crippen LogP) is 0.615. The van der Waals surface area contributed by atoms with Gasteiger partial charge in [-0.2, -0.15) is 5.10 Å². The number of nitrogens with zero attached hydrogens (tertiary/aromatic N) is 5. The molecule has 34 heavy (non-hydrogen) atoms. The Kier molecular flexibility index (Phi) is 5.81. The van der Waals surface area contributed by atoms with Gasteiger partial charge in [0.2, 0.25) is 0 Å². The number of carbonyl (C=O) groups excluding carboxylic acids is 1. The molecule has 1 aromatic carbocycles. The van der Waals surface area contributed by atoms with E-state index in [9.17, 15) is 4.79 Å². The van der Waals surface area contributed by atoms with Gasteiger partial charge >= 0.3 is 0 Å². The molecule has 1 N–H and O–H groups in total. The Balaban J connectivity index is 1.33. The third-order valence-corrected chi connectivity index (χ3v) is 6.39. The summed E-state index contributed by atoms with van der Waals surface area (Å²) in [5, 5.41) is 9.26. The zero-order valence-electron chi connectivity index (χ0n) is 20.1. The summed E-state index contributed by atoms with van der Waals surface area (Å²) < 4.78 is 7.60. The zero-order valence-corrected chi connectivity index (χ0v) is 20.1. The monoisotopic (exact) mass is 452 g/mol. The fourth-order valence-corrected chi connectivity index (χ4v) is 4.24. The van der Waals surface area contributed by atoms with E-state index in [1.165, 1.54) is 6.26 Å². The second kappa shape index (κ2) is 8.79. The highest BCUT2D eigenvalue weighted by atomic mass is 16.3. The Bertz CT molecular complexity index is 1340. The highest BCUT2D eigenvalue weighted by molar-refractivity contribution is 6.56. The summed E-state index contributed by atoms with van der Waals surface area (Å²) in [6.45, 7) is 2.02. The lowest BCUT2D eigenvalue weighted by Crippen LogP contribution is -2.35. The van der Waals surface area contributed by atoms with Gasteiger partial charge in [0.25, 0.3) is 5.91 Å². The van der Waals surface area contributed by atoms with Crippen LogP contribution in [0.3, 0.4) is 0 Å². The maximum atomic E-state index is 12.8. The molecule has 1 amide bonds. The molecule has 1 aliphatic rings. The number of piperidine rings is 1. The molecule has 0 aliphatic carbocycles. The number of anilines is 1. The number of hydrogen-bond donors (Lipinski definition) is 1. The van der Waals surface area contributed by atoms with Crippen molar-refractivity contribution in [3.63, 3.8) is 0 Å². The van der Waals surface area contributed by atoms with Crippen molar-refractivity contribution in [1.29, 1.82) is 0 Å². The number of pyridine rings is 1. The fraction of sp³-hybridized carbons (Fsp3) is 0.304. The number of oxazole rings is 1. The number of benzene rings is 1. The average Bonchev–Trinajstić information content (AvgIpc) is 3.49. The van der Waals surface area contributed by atoms with Crippen LogP contribution >= 0.6 is 0 Å². The van der Waals surface area contributed by atoms with Gasteiger partial charge < -0.3 is 14.6 Å². The Labute approximate surface area is 201 Å². The van der Waals surface area contributed by atoms with E-state index in [2.05, 4.69) is 74.2 Å². The molecular weight excluding hydrogens is 425 g/mol. The summed E-state index contributed by atoms with van der Waals surface area (Å²) in [5.74, 6) is 1.06. The van der Waals surface area contributed by atoms with Crippen molar-refractivity contribution >= 4 is 46.0 Å². The molecule has 11 heteroatoms. The fourth-order valence-electron chi connectivity index (χ4n) is 4.24. The topological polar surface area (TPSA) is 89.1 Å². The predicted molar refractivity (Wildman–Crippen MR) is 140 cm³/mol. The maximum Gasteiger partial charge on any atom is 0.278 e. The van der Waals surface area contributed by atoms with Crippen molar-refractivity contribution in [1.82, 2.24) is 24.6 Å². The molecule has 8 nitrogen and oxygen atoms in total. The number of likely N-dealkylation sites (tertiary alicyclic amines) is 1. The molecule has 0 unspecified atom stereocenters. The molecule has 1 aliphatic heterocycles. The molecule has 0 spiro atoms. The normalized spacial score (nSPS) is 15.6. The van der Waals surface area contributed by atoms with Crippen molar-refractivity contribution in [3.8, 4) is 11.1 Å². The van der Waals surface area contributed by atoms with E-state index < -0.39 is 0 Å². The van der Waals surface area contributed by atoms with Crippen molar-refractivity contribution in [3.05, 3.63) is 60.7 Å². The molecule has 0 bridgehead atoms. The second-order valence-electron chi connectivity index (χ2n) is 10.1. The number of nitrogens with one attached hydrogen (secondary N) is 1. The highest BCUT2D eigenvalue weighted by Gasteiger charge is 2.24. The van der Waals surface area contributed by atoms with Gasteiger partial charge in [0.1, 0.15) is 35.6 Å². The van der Waals surface area contributed by atoms with Crippen molar-refractivity contribution in [2.75, 3.05) is 25.5 Å². The average molecular weight is 452 g/mol. The van der Waals surface area contributed by atoms with E-state index in [-0.39, 0.29) is 22.8 Å². The highest BCUT2D eigenvalue weighted by Crippen LogP contribution is 2.28. The number of rotatable bonds is 5. The van der Waals surface area contributed by atoms with Gasteiger partial charge in [-0.25, -0.2) is 9.97 Å². The lowest BCUT2D eigenvalue weighted by Gasteiger charge is -2.26. The minimum atomic E-state index is -0.322. The molecule has 0 saturated carbocycles. The van der Waals surface area contributed by atoms with Crippen LogP contribution in [0.2, 0.25) is 0 Å². The molecule has 5 rings (SSSR count). The lowest BCUT2D eigenvalue weighted by molar-refractivity contribution is 0.102. The third kappa shape index (κ3) is 4.66. The minimum absolute atomic E-state index is 0.0786. The maximum absolute atomic E-state index is 12.8. The summed E-state index contributed by atoms with van der Waals surface area (Å²) in [5.41, 5.74) is 2.38. The Morgan fingerprint density at radius 1 is 1.12 bits per heavy atom. The molecule has 4 aromatic rings. The van der Waals surface area contributed by atoms with Gasteiger partial charge in [-0.3, -0.25) is 9.48 Å². The number of carbonyl (C=O) groups is 1. The zero-order chi connectivity index (χ0) is 23.9. The third-order valence-electron chi connectivity index (χ3n) is 6.39. The van der Waals surface area contributed by atoms with Crippen molar-refractivity contribution in [2.45, 2.75) is 24.0 Å².